The third kappa shape index (κ3) is 4.99. The number of benzene rings is 2. The van der Waals surface area contributed by atoms with E-state index in [4.69, 9.17) is 11.6 Å². The molecule has 0 saturated carbocycles. The highest BCUT2D eigenvalue weighted by molar-refractivity contribution is 7.92. The van der Waals surface area contributed by atoms with Crippen molar-refractivity contribution in [2.75, 3.05) is 4.72 Å². The van der Waals surface area contributed by atoms with E-state index < -0.39 is 10.0 Å². The fourth-order valence-corrected chi connectivity index (χ4v) is 3.80. The first-order chi connectivity index (χ1) is 12.1. The van der Waals surface area contributed by atoms with Crippen molar-refractivity contribution < 1.29 is 13.2 Å². The fraction of sp³-hybridized carbons (Fsp3) is 0.316. The third-order valence-corrected chi connectivity index (χ3v) is 5.97. The number of anilines is 1. The van der Waals surface area contributed by atoms with Gasteiger partial charge in [0.05, 0.1) is 5.02 Å². The molecule has 7 heteroatoms. The molecule has 0 aliphatic heterocycles. The molecule has 2 N–H and O–H groups in total. The zero-order valence-electron chi connectivity index (χ0n) is 15.2. The summed E-state index contributed by atoms with van der Waals surface area (Å²) in [5.74, 6) is -0.0766. The minimum absolute atomic E-state index is 0.0383. The Kier molecular flexibility index (Phi) is 6.31. The van der Waals surface area contributed by atoms with Crippen molar-refractivity contribution in [3.63, 3.8) is 0 Å². The molecule has 0 heterocycles. The Morgan fingerprint density at radius 2 is 1.77 bits per heavy atom. The van der Waals surface area contributed by atoms with Crippen LogP contribution in [0.4, 0.5) is 5.69 Å². The van der Waals surface area contributed by atoms with Crippen LogP contribution in [0.3, 0.4) is 0 Å². The van der Waals surface area contributed by atoms with Gasteiger partial charge in [0.25, 0.3) is 15.9 Å². The number of amides is 1. The maximum atomic E-state index is 12.7. The summed E-state index contributed by atoms with van der Waals surface area (Å²) < 4.78 is 27.9. The molecule has 0 spiro atoms. The lowest BCUT2D eigenvalue weighted by Crippen LogP contribution is -2.36. The van der Waals surface area contributed by atoms with E-state index in [0.717, 1.165) is 5.56 Å². The lowest BCUT2D eigenvalue weighted by atomic mass is 10.1. The van der Waals surface area contributed by atoms with Gasteiger partial charge in [0, 0.05) is 17.3 Å². The smallest absolute Gasteiger partial charge is 0.263 e. The normalized spacial score (nSPS) is 12.7. The summed E-state index contributed by atoms with van der Waals surface area (Å²) in [5, 5.41) is 2.91. The van der Waals surface area contributed by atoms with Crippen LogP contribution >= 0.6 is 11.6 Å². The van der Waals surface area contributed by atoms with Gasteiger partial charge in [0.1, 0.15) is 4.90 Å². The molecule has 2 aromatic rings. The number of rotatable bonds is 6. The number of aryl methyl sites for hydroxylation is 1. The molecule has 1 amide bonds. The maximum absolute atomic E-state index is 12.7. The summed E-state index contributed by atoms with van der Waals surface area (Å²) >= 11 is 6.09. The standard InChI is InChI=1S/C19H23ClN2O3S/c1-12(2)14(4)21-19(23)15-8-9-17(20)18(11-15)26(24,25)22-16-7-5-6-13(3)10-16/h5-12,14,22H,1-4H3,(H,21,23). The van der Waals surface area contributed by atoms with Gasteiger partial charge in [0.2, 0.25) is 0 Å². The van der Waals surface area contributed by atoms with Crippen LogP contribution in [0.1, 0.15) is 36.7 Å². The Hall–Kier alpha value is -2.05. The number of hydrogen-bond donors (Lipinski definition) is 2. The van der Waals surface area contributed by atoms with Gasteiger partial charge in [-0.15, -0.1) is 0 Å². The Bertz CT molecular complexity index is 911. The van der Waals surface area contributed by atoms with E-state index >= 15 is 0 Å². The highest BCUT2D eigenvalue weighted by atomic mass is 35.5. The van der Waals surface area contributed by atoms with Crippen LogP contribution < -0.4 is 10.0 Å². The van der Waals surface area contributed by atoms with Gasteiger partial charge in [-0.3, -0.25) is 9.52 Å². The van der Waals surface area contributed by atoms with Gasteiger partial charge in [-0.1, -0.05) is 37.6 Å². The van der Waals surface area contributed by atoms with Crippen molar-refractivity contribution >= 4 is 33.2 Å². The largest absolute Gasteiger partial charge is 0.349 e. The molecule has 140 valence electrons. The molecule has 5 nitrogen and oxygen atoms in total. The van der Waals surface area contributed by atoms with Crippen molar-refractivity contribution in [1.82, 2.24) is 5.32 Å². The van der Waals surface area contributed by atoms with Crippen LogP contribution in [0.25, 0.3) is 0 Å². The lowest BCUT2D eigenvalue weighted by molar-refractivity contribution is 0.0930. The number of nitrogens with one attached hydrogen (secondary N) is 2. The van der Waals surface area contributed by atoms with Crippen LogP contribution in [0, 0.1) is 12.8 Å². The summed E-state index contributed by atoms with van der Waals surface area (Å²) in [5.41, 5.74) is 1.60. The monoisotopic (exact) mass is 394 g/mol. The number of halogens is 1. The van der Waals surface area contributed by atoms with E-state index in [1.54, 1.807) is 18.2 Å². The van der Waals surface area contributed by atoms with Gasteiger partial charge in [-0.25, -0.2) is 8.42 Å². The summed E-state index contributed by atoms with van der Waals surface area (Å²) in [4.78, 5) is 12.2. The molecule has 1 unspecified atom stereocenters. The molecule has 0 aliphatic carbocycles. The van der Waals surface area contributed by atoms with Crippen LogP contribution in [0.15, 0.2) is 47.4 Å². The second kappa shape index (κ2) is 8.10. The highest BCUT2D eigenvalue weighted by Gasteiger charge is 2.21. The molecule has 0 aromatic heterocycles. The topological polar surface area (TPSA) is 75.3 Å². The summed E-state index contributed by atoms with van der Waals surface area (Å²) in [7, 11) is -3.92. The number of carbonyl (C=O) groups is 1. The molecule has 1 atom stereocenters. The average molecular weight is 395 g/mol. The fourth-order valence-electron chi connectivity index (χ4n) is 2.23. The quantitative estimate of drug-likeness (QED) is 0.770. The van der Waals surface area contributed by atoms with E-state index in [2.05, 4.69) is 10.0 Å². The third-order valence-electron chi connectivity index (χ3n) is 4.11. The van der Waals surface area contributed by atoms with Crippen LogP contribution in [0.2, 0.25) is 5.02 Å². The molecular weight excluding hydrogens is 372 g/mol. The molecular formula is C19H23ClN2O3S. The second-order valence-corrected chi connectivity index (χ2v) is 8.68. The first-order valence-corrected chi connectivity index (χ1v) is 10.2. The van der Waals surface area contributed by atoms with Crippen LogP contribution in [-0.4, -0.2) is 20.4 Å². The first-order valence-electron chi connectivity index (χ1n) is 8.30. The van der Waals surface area contributed by atoms with Gasteiger partial charge < -0.3 is 5.32 Å². The Balaban J connectivity index is 2.32. The molecule has 0 aliphatic rings. The molecule has 0 bridgehead atoms. The molecule has 0 radical (unpaired) electrons. The molecule has 2 aromatic carbocycles. The van der Waals surface area contributed by atoms with E-state index in [1.165, 1.54) is 18.2 Å². The van der Waals surface area contributed by atoms with Gasteiger partial charge in [-0.2, -0.15) is 0 Å². The maximum Gasteiger partial charge on any atom is 0.263 e. The minimum atomic E-state index is -3.92. The van der Waals surface area contributed by atoms with E-state index in [1.807, 2.05) is 33.8 Å². The zero-order valence-corrected chi connectivity index (χ0v) is 16.8. The SMILES string of the molecule is Cc1cccc(NS(=O)(=O)c2cc(C(=O)NC(C)C(C)C)ccc2Cl)c1. The van der Waals surface area contributed by atoms with E-state index in [9.17, 15) is 13.2 Å². The van der Waals surface area contributed by atoms with E-state index in [-0.39, 0.29) is 33.3 Å². The van der Waals surface area contributed by atoms with Gasteiger partial charge in [0.15, 0.2) is 0 Å². The summed E-state index contributed by atoms with van der Waals surface area (Å²) in [6.45, 7) is 7.75. The molecule has 2 rings (SSSR count). The number of carbonyl (C=O) groups excluding carboxylic acids is 1. The number of hydrogen-bond acceptors (Lipinski definition) is 3. The Labute approximate surface area is 159 Å². The Morgan fingerprint density at radius 1 is 1.08 bits per heavy atom. The van der Waals surface area contributed by atoms with Crippen molar-refractivity contribution in [2.45, 2.75) is 38.6 Å². The van der Waals surface area contributed by atoms with Crippen molar-refractivity contribution in [3.05, 3.63) is 58.6 Å². The zero-order chi connectivity index (χ0) is 19.5. The predicted octanol–water partition coefficient (Wildman–Crippen LogP) is 4.22. The Morgan fingerprint density at radius 3 is 2.38 bits per heavy atom. The predicted molar refractivity (Wildman–Crippen MR) is 105 cm³/mol. The van der Waals surface area contributed by atoms with Crippen molar-refractivity contribution in [2.24, 2.45) is 5.92 Å². The summed E-state index contributed by atoms with van der Waals surface area (Å²) in [6, 6.07) is 11.2. The molecule has 0 saturated heterocycles. The minimum Gasteiger partial charge on any atom is -0.349 e. The number of sulfonamides is 1. The van der Waals surface area contributed by atoms with Gasteiger partial charge >= 0.3 is 0 Å². The van der Waals surface area contributed by atoms with Crippen LogP contribution in [-0.2, 0) is 10.0 Å². The van der Waals surface area contributed by atoms with Crippen molar-refractivity contribution in [3.8, 4) is 0 Å². The second-order valence-electron chi connectivity index (χ2n) is 6.63. The van der Waals surface area contributed by atoms with E-state index in [0.29, 0.717) is 5.69 Å². The molecule has 0 fully saturated rings. The highest BCUT2D eigenvalue weighted by Crippen LogP contribution is 2.25. The first kappa shape index (κ1) is 20.3. The van der Waals surface area contributed by atoms with Crippen LogP contribution in [0.5, 0.6) is 0 Å². The average Bonchev–Trinajstić information content (AvgIpc) is 2.54. The summed E-state index contributed by atoms with van der Waals surface area (Å²) in [6.07, 6.45) is 0. The lowest BCUT2D eigenvalue weighted by Gasteiger charge is -2.18. The van der Waals surface area contributed by atoms with Crippen molar-refractivity contribution in [1.29, 1.82) is 0 Å². The van der Waals surface area contributed by atoms with Gasteiger partial charge in [-0.05, 0) is 55.7 Å². The molecule has 26 heavy (non-hydrogen) atoms.